The topological polar surface area (TPSA) is 146 Å². The van der Waals surface area contributed by atoms with Gasteiger partial charge in [0.2, 0.25) is 5.91 Å². The van der Waals surface area contributed by atoms with Gasteiger partial charge in [-0.1, -0.05) is 6.07 Å². The highest BCUT2D eigenvalue weighted by Gasteiger charge is 2.28. The van der Waals surface area contributed by atoms with Crippen LogP contribution in [-0.4, -0.2) is 66.4 Å². The average Bonchev–Trinajstić information content (AvgIpc) is 3.54. The van der Waals surface area contributed by atoms with Crippen molar-refractivity contribution in [2.75, 3.05) is 25.4 Å². The molecule has 4 aromatic rings. The molecule has 1 fully saturated rings. The number of hydrogen-bond acceptors (Lipinski definition) is 9. The maximum absolute atomic E-state index is 11.8. The zero-order chi connectivity index (χ0) is 22.9. The van der Waals surface area contributed by atoms with E-state index in [9.17, 15) is 4.79 Å². The van der Waals surface area contributed by atoms with Gasteiger partial charge in [-0.25, -0.2) is 9.97 Å². The predicted octanol–water partition coefficient (Wildman–Crippen LogP) is 2.19. The van der Waals surface area contributed by atoms with E-state index in [1.807, 2.05) is 17.5 Å². The summed E-state index contributed by atoms with van der Waals surface area (Å²) in [6.45, 7) is 0.577. The van der Waals surface area contributed by atoms with Gasteiger partial charge in [0.1, 0.15) is 17.4 Å². The molecule has 0 aromatic carbocycles. The van der Waals surface area contributed by atoms with Gasteiger partial charge in [0.25, 0.3) is 0 Å². The van der Waals surface area contributed by atoms with Crippen molar-refractivity contribution >= 4 is 34.9 Å². The second-order valence-electron chi connectivity index (χ2n) is 7.82. The van der Waals surface area contributed by atoms with Crippen LogP contribution in [0.1, 0.15) is 30.0 Å². The summed E-state index contributed by atoms with van der Waals surface area (Å²) >= 11 is 1.53. The minimum absolute atomic E-state index is 0.0461. The van der Waals surface area contributed by atoms with Crippen molar-refractivity contribution in [2.24, 2.45) is 0 Å². The zero-order valence-corrected chi connectivity index (χ0v) is 18.5. The smallest absolute Gasteiger partial charge is 0.248 e. The van der Waals surface area contributed by atoms with E-state index in [0.717, 1.165) is 27.5 Å². The fourth-order valence-corrected chi connectivity index (χ4v) is 4.85. The van der Waals surface area contributed by atoms with Gasteiger partial charge in [-0.15, -0.1) is 11.3 Å². The summed E-state index contributed by atoms with van der Waals surface area (Å²) in [4.78, 5) is 27.2. The van der Waals surface area contributed by atoms with Gasteiger partial charge in [0.15, 0.2) is 5.65 Å². The quantitative estimate of drug-likeness (QED) is 0.385. The first-order chi connectivity index (χ1) is 16.1. The number of nitrogens with one attached hydrogen (secondary N) is 1. The molecular weight excluding hydrogens is 440 g/mol. The van der Waals surface area contributed by atoms with Crippen LogP contribution in [0.15, 0.2) is 36.1 Å². The van der Waals surface area contributed by atoms with Crippen LogP contribution < -0.4 is 5.73 Å². The summed E-state index contributed by atoms with van der Waals surface area (Å²) in [6.07, 6.45) is 7.81. The number of carbonyl (C=O) groups is 1. The molecule has 1 aliphatic heterocycles. The fraction of sp³-hybridized carbons (Fsp3) is 0.273. The van der Waals surface area contributed by atoms with E-state index in [1.54, 1.807) is 28.0 Å². The number of nitrogens with two attached hydrogens (primary N) is 1. The number of anilines is 1. The molecule has 1 aliphatic rings. The number of aliphatic hydroxyl groups excluding tert-OH is 1. The molecule has 0 radical (unpaired) electrons. The number of likely N-dealkylation sites (tertiary alicyclic amines) is 1. The minimum atomic E-state index is -0.484. The van der Waals surface area contributed by atoms with Gasteiger partial charge in [0.05, 0.1) is 23.1 Å². The second-order valence-corrected chi connectivity index (χ2v) is 8.71. The van der Waals surface area contributed by atoms with Crippen LogP contribution in [0.5, 0.6) is 0 Å². The van der Waals surface area contributed by atoms with E-state index in [0.29, 0.717) is 43.0 Å². The van der Waals surface area contributed by atoms with Gasteiger partial charge in [-0.05, 0) is 18.9 Å². The van der Waals surface area contributed by atoms with Crippen LogP contribution in [0, 0.1) is 5.41 Å². The highest BCUT2D eigenvalue weighted by molar-refractivity contribution is 7.13. The molecule has 4 aromatic heterocycles. The lowest BCUT2D eigenvalue weighted by atomic mass is 9.90. The number of rotatable bonds is 5. The van der Waals surface area contributed by atoms with Crippen LogP contribution >= 0.6 is 11.3 Å². The Morgan fingerprint density at radius 3 is 2.73 bits per heavy atom. The molecule has 168 valence electrons. The lowest BCUT2D eigenvalue weighted by Crippen LogP contribution is -2.39. The number of piperidine rings is 1. The van der Waals surface area contributed by atoms with Crippen LogP contribution in [0.4, 0.5) is 5.82 Å². The highest BCUT2D eigenvalue weighted by atomic mass is 32.1. The van der Waals surface area contributed by atoms with E-state index in [-0.39, 0.29) is 11.8 Å². The lowest BCUT2D eigenvalue weighted by molar-refractivity contribution is -0.135. The third-order valence-electron chi connectivity index (χ3n) is 5.99. The van der Waals surface area contributed by atoms with Gasteiger partial charge in [-0.3, -0.25) is 9.78 Å². The van der Waals surface area contributed by atoms with Gasteiger partial charge < -0.3 is 21.1 Å². The Morgan fingerprint density at radius 1 is 1.27 bits per heavy atom. The van der Waals surface area contributed by atoms with Crippen LogP contribution in [-0.2, 0) is 4.79 Å². The number of aromatic nitrogens is 5. The Bertz CT molecular complexity index is 1310. The van der Waals surface area contributed by atoms with Crippen LogP contribution in [0.2, 0.25) is 0 Å². The Labute approximate surface area is 193 Å². The van der Waals surface area contributed by atoms with E-state index < -0.39 is 6.61 Å². The summed E-state index contributed by atoms with van der Waals surface area (Å²) in [5.41, 5.74) is 10.7. The molecule has 1 amide bonds. The van der Waals surface area contributed by atoms with E-state index in [1.165, 1.54) is 17.6 Å². The van der Waals surface area contributed by atoms with E-state index in [2.05, 4.69) is 15.1 Å². The second kappa shape index (κ2) is 8.68. The molecule has 0 spiro atoms. The average molecular weight is 463 g/mol. The molecule has 1 saturated heterocycles. The number of fused-ring (bicyclic) bond motifs is 1. The Hall–Kier alpha value is -3.70. The monoisotopic (exact) mass is 462 g/mol. The molecule has 0 atom stereocenters. The number of aliphatic hydroxyl groups is 1. The van der Waals surface area contributed by atoms with Crippen molar-refractivity contribution in [3.63, 3.8) is 0 Å². The maximum atomic E-state index is 11.8. The zero-order valence-electron chi connectivity index (χ0n) is 17.7. The summed E-state index contributed by atoms with van der Waals surface area (Å²) in [7, 11) is 0. The molecule has 4 N–H and O–H groups in total. The van der Waals surface area contributed by atoms with Crippen LogP contribution in [0.3, 0.4) is 0 Å². The normalized spacial score (nSPS) is 14.6. The summed E-state index contributed by atoms with van der Waals surface area (Å²) in [6, 6.07) is 3.88. The van der Waals surface area contributed by atoms with Crippen molar-refractivity contribution in [1.82, 2.24) is 29.5 Å². The SMILES string of the molecule is N=Cc1c(C2CCN(C(=O)CO)CC2)nc2c(-c3ccc(-c4nccs4)nc3)cnn2c1N. The van der Waals surface area contributed by atoms with Gasteiger partial charge in [0, 0.05) is 54.1 Å². The molecule has 0 unspecified atom stereocenters. The summed E-state index contributed by atoms with van der Waals surface area (Å²) in [5, 5.41) is 24.2. The van der Waals surface area contributed by atoms with Crippen molar-refractivity contribution in [3.8, 4) is 21.8 Å². The third kappa shape index (κ3) is 3.74. The predicted molar refractivity (Wildman–Crippen MR) is 125 cm³/mol. The molecule has 5 rings (SSSR count). The Kier molecular flexibility index (Phi) is 5.56. The Balaban J connectivity index is 1.52. The molecule has 5 heterocycles. The van der Waals surface area contributed by atoms with Gasteiger partial charge >= 0.3 is 0 Å². The van der Waals surface area contributed by atoms with Crippen molar-refractivity contribution in [2.45, 2.75) is 18.8 Å². The number of nitrogens with zero attached hydrogens (tertiary/aromatic N) is 6. The first-order valence-electron chi connectivity index (χ1n) is 10.5. The Morgan fingerprint density at radius 2 is 2.09 bits per heavy atom. The summed E-state index contributed by atoms with van der Waals surface area (Å²) < 4.78 is 1.55. The first kappa shape index (κ1) is 21.2. The number of carbonyl (C=O) groups excluding carboxylic acids is 1. The largest absolute Gasteiger partial charge is 0.387 e. The molecule has 11 heteroatoms. The molecule has 10 nitrogen and oxygen atoms in total. The number of nitrogen functional groups attached to an aromatic ring is 1. The number of amides is 1. The molecule has 0 saturated carbocycles. The highest BCUT2D eigenvalue weighted by Crippen LogP contribution is 2.34. The first-order valence-corrected chi connectivity index (χ1v) is 11.4. The van der Waals surface area contributed by atoms with Crippen molar-refractivity contribution in [1.29, 1.82) is 5.41 Å². The number of pyridine rings is 1. The standard InChI is InChI=1S/C22H22N8O2S/c23-9-15-19(13-3-6-29(7-4-13)18(32)12-31)28-21-16(11-27-30(21)20(15)24)14-1-2-17(26-10-14)22-25-5-8-33-22/h1-2,5,8-11,13,23,31H,3-4,6-7,12,24H2. The number of hydrogen-bond donors (Lipinski definition) is 3. The van der Waals surface area contributed by atoms with Crippen molar-refractivity contribution < 1.29 is 9.90 Å². The fourth-order valence-electron chi connectivity index (χ4n) is 4.24. The molecule has 33 heavy (non-hydrogen) atoms. The molecule has 0 aliphatic carbocycles. The molecule has 0 bridgehead atoms. The van der Waals surface area contributed by atoms with Crippen molar-refractivity contribution in [3.05, 3.63) is 47.4 Å². The van der Waals surface area contributed by atoms with E-state index >= 15 is 0 Å². The lowest BCUT2D eigenvalue weighted by Gasteiger charge is -2.32. The van der Waals surface area contributed by atoms with Crippen LogP contribution in [0.25, 0.3) is 27.5 Å². The summed E-state index contributed by atoms with van der Waals surface area (Å²) in [5.74, 6) is 0.137. The maximum Gasteiger partial charge on any atom is 0.248 e. The third-order valence-corrected chi connectivity index (χ3v) is 6.79. The van der Waals surface area contributed by atoms with E-state index in [4.69, 9.17) is 21.2 Å². The minimum Gasteiger partial charge on any atom is -0.387 e. The van der Waals surface area contributed by atoms with Gasteiger partial charge in [-0.2, -0.15) is 9.61 Å². The number of thiazole rings is 1. The molecular formula is C22H22N8O2S.